The molecule has 9 heterocycles. The molecule has 142 heavy (non-hydrogen) atoms. The minimum atomic E-state index is -1.96. The normalized spacial score (nSPS) is 20.7. The van der Waals surface area contributed by atoms with E-state index in [0.29, 0.717) is 89.9 Å². The summed E-state index contributed by atoms with van der Waals surface area (Å²) in [4.78, 5) is 210. The fourth-order valence-electron chi connectivity index (χ4n) is 15.7. The number of ether oxygens (including phenoxy) is 6. The van der Waals surface area contributed by atoms with Crippen LogP contribution in [0.2, 0.25) is 0 Å². The van der Waals surface area contributed by atoms with Gasteiger partial charge in [0, 0.05) is 170 Å². The zero-order valence-electron chi connectivity index (χ0n) is 77.2. The van der Waals surface area contributed by atoms with Gasteiger partial charge in [0.05, 0.1) is 17.8 Å². The summed E-state index contributed by atoms with van der Waals surface area (Å²) in [5.74, 6) is -7.61. The molecule has 0 saturated carbocycles. The molecule has 2 aromatic heterocycles. The van der Waals surface area contributed by atoms with Gasteiger partial charge in [0.15, 0.2) is 12.2 Å². The first kappa shape index (κ1) is 108. The van der Waals surface area contributed by atoms with Crippen molar-refractivity contribution in [2.75, 3.05) is 76.1 Å². The Hall–Kier alpha value is -14.9. The Bertz CT molecular complexity index is 5560. The summed E-state index contributed by atoms with van der Waals surface area (Å²) >= 11 is 0. The van der Waals surface area contributed by atoms with Crippen molar-refractivity contribution in [2.45, 2.75) is 177 Å². The molecule has 0 bridgehead atoms. The van der Waals surface area contributed by atoms with Gasteiger partial charge in [-0.05, 0) is 158 Å². The number of rotatable bonds is 42. The summed E-state index contributed by atoms with van der Waals surface area (Å²) in [6.45, 7) is 3.34. The highest BCUT2D eigenvalue weighted by Crippen LogP contribution is 2.36. The van der Waals surface area contributed by atoms with Crippen molar-refractivity contribution < 1.29 is 151 Å². The number of aliphatic carboxylic acids is 2. The molecule has 10 atom stereocenters. The number of amides is 13. The standard InChI is InChI=1S/C47H54N6O14.C40H49N5O11.C11H10N2O6/c54-36(12-10-30-6-4-19-48-27-30)49-20-2-1-5-29-16-22-52(23-17-29)45(62)32-7-3-8-33(26-32)65-28-31-9-11-35(66-47-43(61)41(59)42(60)44(67-47)46(63)64)34(25-31)51-38(56)15-21-50-37(55)18-24-53-39(57)13-14-40(53)58;41-16-13-33(47)44-30-21-27(9-11-31(30)55-40-36(50)34(48)35(49)37(56-40)39(52)53)24-54-29-8-3-7-28(22-29)38(51)45-19-14-25(15-20-45)5-1-2-18-43-32(46)12-10-26-6-4-17-42-23-26;14-7-1-2-8(15)12(7)6-5-11(18)19-13-9(16)3-4-10(13)17/h3-4,6-14,19,25-27,29,41-44,47,59-61H,1-2,5,15-18,20-24,28H2,(H,49,54)(H,50,55)(H,51,56)(H,63,64);3-4,6-12,17,21-23,25,34-37,40,48-50H,1-2,5,13-16,18-20,24,41H2,(H,43,46)(H,44,47)(H,52,53);1-2H,3-6H2/b2*12-10+;/t41-,42-,43+,44-,47+;34-,35-,36+,37-,40+;/m00./s1. The molecule has 15 N–H and O–H groups in total. The summed E-state index contributed by atoms with van der Waals surface area (Å²) in [5, 5.41) is 94.7. The monoisotopic (exact) mass is 1970 g/mol. The number of hydrogen-bond acceptors (Lipinski definition) is 32. The van der Waals surface area contributed by atoms with Gasteiger partial charge in [-0.1, -0.05) is 62.1 Å². The number of benzene rings is 4. The number of aliphatic hydroxyl groups excluding tert-OH is 6. The van der Waals surface area contributed by atoms with E-state index in [1.54, 1.807) is 110 Å². The van der Waals surface area contributed by atoms with Gasteiger partial charge < -0.3 is 116 Å². The third-order valence-electron chi connectivity index (χ3n) is 23.6. The lowest BCUT2D eigenvalue weighted by Gasteiger charge is -2.38. The highest BCUT2D eigenvalue weighted by atomic mass is 16.7. The molecule has 44 heteroatoms. The van der Waals surface area contributed by atoms with Gasteiger partial charge in [-0.25, -0.2) is 14.4 Å². The second-order valence-corrected chi connectivity index (χ2v) is 33.9. The van der Waals surface area contributed by atoms with Crippen LogP contribution in [0, 0.1) is 11.8 Å². The van der Waals surface area contributed by atoms with Gasteiger partial charge in [0.25, 0.3) is 47.3 Å². The van der Waals surface area contributed by atoms with Crippen LogP contribution >= 0.6 is 0 Å². The maximum absolute atomic E-state index is 13.6. The van der Waals surface area contributed by atoms with Crippen LogP contribution in [0.15, 0.2) is 170 Å². The molecular formula is C98H113N13O31. The molecular weight excluding hydrogens is 1860 g/mol. The number of hydroxylamine groups is 2. The van der Waals surface area contributed by atoms with Crippen LogP contribution in [-0.4, -0.2) is 297 Å². The van der Waals surface area contributed by atoms with E-state index in [1.165, 1.54) is 30.4 Å². The molecule has 5 saturated heterocycles. The number of carboxylic acids is 2. The fourth-order valence-corrected chi connectivity index (χ4v) is 15.7. The van der Waals surface area contributed by atoms with Gasteiger partial charge in [-0.15, -0.1) is 5.06 Å². The zero-order chi connectivity index (χ0) is 102. The van der Waals surface area contributed by atoms with E-state index >= 15 is 0 Å². The molecule has 4 aromatic carbocycles. The largest absolute Gasteiger partial charge is 0.489 e. The molecule has 5 fully saturated rings. The Morgan fingerprint density at radius 2 is 0.880 bits per heavy atom. The minimum Gasteiger partial charge on any atom is -0.489 e. The molecule has 7 aliphatic rings. The van der Waals surface area contributed by atoms with Gasteiger partial charge in [0.1, 0.15) is 72.8 Å². The van der Waals surface area contributed by atoms with E-state index in [4.69, 9.17) is 34.2 Å². The highest BCUT2D eigenvalue weighted by molar-refractivity contribution is 6.14. The van der Waals surface area contributed by atoms with Crippen LogP contribution in [0.3, 0.4) is 0 Å². The quantitative estimate of drug-likeness (QED) is 0.0149. The van der Waals surface area contributed by atoms with Crippen molar-refractivity contribution in [1.29, 1.82) is 0 Å². The number of carbonyl (C=O) groups excluding carboxylic acids is 14. The van der Waals surface area contributed by atoms with Crippen molar-refractivity contribution in [1.82, 2.24) is 50.6 Å². The first-order valence-electron chi connectivity index (χ1n) is 46.2. The predicted octanol–water partition coefficient (Wildman–Crippen LogP) is 2.52. The van der Waals surface area contributed by atoms with Crippen molar-refractivity contribution in [3.05, 3.63) is 204 Å². The third-order valence-corrected chi connectivity index (χ3v) is 23.6. The minimum absolute atomic E-state index is 0.0122. The second-order valence-electron chi connectivity index (χ2n) is 33.9. The van der Waals surface area contributed by atoms with Crippen molar-refractivity contribution >= 4 is 118 Å². The SMILES string of the molecule is NCCC(=O)Nc1cc(COc2cccc(C(=O)N3CCC(CCCCNC(=O)/C=C/c4cccnc4)CC3)c2)ccc1O[C@@H]1O[C@H](C(=O)O)[C@@H](O)[C@H](O)[C@H]1O.O=C(/C=C/c1cccnc1)NCCCCC1CCN(C(=O)c2cccc(OCc3ccc(O[C@@H]4O[C@H](C(=O)O)[C@@H](O)[C@H](O)[C@H]4O)c(NC(=O)CCNC(=O)CCN4C(=O)C=CC4=O)c3)c2)CC1.O=C(CCN1C(=O)C=CC1=O)ON1C(=O)CCC1=O. The number of anilines is 2. The van der Waals surface area contributed by atoms with Crippen LogP contribution in [0.5, 0.6) is 23.0 Å². The van der Waals surface area contributed by atoms with Crippen molar-refractivity contribution in [3.8, 4) is 23.0 Å². The number of carboxylic acid groups (broad SMARTS) is 2. The topological polar surface area (TPSA) is 628 Å². The van der Waals surface area contributed by atoms with E-state index in [9.17, 15) is 118 Å². The number of nitrogens with two attached hydrogens (primary N) is 1. The number of aliphatic hydroxyl groups is 6. The number of hydrogen-bond donors (Lipinski definition) is 14. The molecule has 6 aromatic rings. The molecule has 13 rings (SSSR count). The molecule has 0 spiro atoms. The number of unbranched alkanes of at least 4 members (excludes halogenated alkanes) is 2. The number of likely N-dealkylation sites (tertiary alicyclic amines) is 2. The van der Waals surface area contributed by atoms with Crippen molar-refractivity contribution in [3.63, 3.8) is 0 Å². The lowest BCUT2D eigenvalue weighted by Crippen LogP contribution is -2.61. The molecule has 13 amide bonds. The van der Waals surface area contributed by atoms with Crippen LogP contribution < -0.4 is 51.3 Å². The smallest absolute Gasteiger partial charge is 0.335 e. The first-order valence-corrected chi connectivity index (χ1v) is 46.2. The maximum atomic E-state index is 13.6. The Labute approximate surface area is 813 Å². The molecule has 0 aliphatic carbocycles. The average Bonchev–Trinajstić information content (AvgIpc) is 1.11. The zero-order valence-corrected chi connectivity index (χ0v) is 77.2. The summed E-state index contributed by atoms with van der Waals surface area (Å²) < 4.78 is 34.0. The molecule has 0 radical (unpaired) electrons. The summed E-state index contributed by atoms with van der Waals surface area (Å²) in [7, 11) is 0. The van der Waals surface area contributed by atoms with Crippen LogP contribution in [0.1, 0.15) is 146 Å². The Kier molecular flexibility index (Phi) is 40.5. The van der Waals surface area contributed by atoms with E-state index < -0.39 is 132 Å². The lowest BCUT2D eigenvalue weighted by molar-refractivity contribution is -0.271. The number of nitrogens with one attached hydrogen (secondary N) is 5. The summed E-state index contributed by atoms with van der Waals surface area (Å²) in [6.07, 6.45) is 7.52. The van der Waals surface area contributed by atoms with Crippen LogP contribution in [0.4, 0.5) is 11.4 Å². The maximum Gasteiger partial charge on any atom is 0.335 e. The highest BCUT2D eigenvalue weighted by Gasteiger charge is 2.50. The molecule has 0 unspecified atom stereocenters. The Morgan fingerprint density at radius 3 is 1.29 bits per heavy atom. The van der Waals surface area contributed by atoms with Gasteiger partial charge in [-0.2, -0.15) is 0 Å². The van der Waals surface area contributed by atoms with E-state index in [1.807, 2.05) is 28.0 Å². The third kappa shape index (κ3) is 32.1. The number of carbonyl (C=O) groups is 16. The second kappa shape index (κ2) is 53.5. The van der Waals surface area contributed by atoms with Gasteiger partial charge >= 0.3 is 17.9 Å². The Balaban J connectivity index is 0.000000231. The summed E-state index contributed by atoms with van der Waals surface area (Å²) in [6, 6.07) is 30.0. The van der Waals surface area contributed by atoms with E-state index in [2.05, 4.69) is 41.4 Å². The van der Waals surface area contributed by atoms with Gasteiger partial charge in [0.2, 0.25) is 42.1 Å². The molecule has 44 nitrogen and oxygen atoms in total. The van der Waals surface area contributed by atoms with Gasteiger partial charge in [-0.3, -0.25) is 82.1 Å². The van der Waals surface area contributed by atoms with Crippen LogP contribution in [-0.2, 0) is 94.6 Å². The molecule has 7 aliphatic heterocycles. The predicted molar refractivity (Wildman–Crippen MR) is 499 cm³/mol. The van der Waals surface area contributed by atoms with Crippen LogP contribution in [0.25, 0.3) is 12.2 Å². The Morgan fingerprint density at radius 1 is 0.458 bits per heavy atom. The number of imide groups is 3. The van der Waals surface area contributed by atoms with Crippen molar-refractivity contribution in [2.24, 2.45) is 17.6 Å². The average molecular weight is 1970 g/mol. The lowest BCUT2D eigenvalue weighted by atomic mass is 9.91. The fraction of sp³-hybridized carbons (Fsp3) is 0.408. The number of pyridine rings is 2. The number of aromatic nitrogens is 2. The molecule has 756 valence electrons. The number of piperidine rings is 2. The number of nitrogens with zero attached hydrogens (tertiary/aromatic N) is 7. The van der Waals surface area contributed by atoms with E-state index in [-0.39, 0.29) is 124 Å². The first-order chi connectivity index (χ1) is 68.2. The summed E-state index contributed by atoms with van der Waals surface area (Å²) in [5.41, 5.74) is 9.42. The van der Waals surface area contributed by atoms with E-state index in [0.717, 1.165) is 109 Å².